The maximum absolute atomic E-state index is 12.5. The van der Waals surface area contributed by atoms with Gasteiger partial charge in [0.15, 0.2) is 0 Å². The van der Waals surface area contributed by atoms with E-state index in [1.165, 1.54) is 13.8 Å². The molecule has 1 aliphatic heterocycles. The van der Waals surface area contributed by atoms with Crippen LogP contribution in [0.2, 0.25) is 0 Å². The molecule has 0 aromatic rings. The molecule has 0 bridgehead atoms. The Hall–Kier alpha value is -1.95. The van der Waals surface area contributed by atoms with Gasteiger partial charge in [0, 0.05) is 26.2 Å². The van der Waals surface area contributed by atoms with E-state index < -0.39 is 5.60 Å². The largest absolute Gasteiger partial charge is 0.462 e. The zero-order valence-corrected chi connectivity index (χ0v) is 20.1. The molecule has 0 aromatic heterocycles. The van der Waals surface area contributed by atoms with Crippen molar-refractivity contribution in [3.05, 3.63) is 23.8 Å². The zero-order valence-electron chi connectivity index (χ0n) is 20.1. The second-order valence-electron chi connectivity index (χ2n) is 9.15. The summed E-state index contributed by atoms with van der Waals surface area (Å²) in [6, 6.07) is 0. The molecule has 0 aromatic carbocycles. The third-order valence-corrected chi connectivity index (χ3v) is 6.04. The lowest BCUT2D eigenvalue weighted by atomic mass is 9.86. The number of rotatable bonds is 11. The summed E-state index contributed by atoms with van der Waals surface area (Å²) >= 11 is 0. The van der Waals surface area contributed by atoms with Crippen LogP contribution in [0.4, 0.5) is 0 Å². The minimum absolute atomic E-state index is 0.0451. The number of carbonyl (C=O) groups excluding carboxylic acids is 3. The molecule has 3 atom stereocenters. The number of hydrogen-bond acceptors (Lipinski definition) is 6. The van der Waals surface area contributed by atoms with Crippen molar-refractivity contribution in [3.63, 3.8) is 0 Å². The van der Waals surface area contributed by atoms with Crippen molar-refractivity contribution in [2.75, 3.05) is 13.2 Å². The highest BCUT2D eigenvalue weighted by Crippen LogP contribution is 2.34. The van der Waals surface area contributed by atoms with Crippen LogP contribution in [0.3, 0.4) is 0 Å². The number of Topliss-reactive ketones (excluding diaryl/α,β-unsaturated/α-hetero) is 1. The first-order chi connectivity index (χ1) is 14.4. The van der Waals surface area contributed by atoms with E-state index in [2.05, 4.69) is 20.4 Å². The van der Waals surface area contributed by atoms with Gasteiger partial charge < -0.3 is 14.2 Å². The SMILES string of the molecule is C=C(CC(=O)C(C)CCCC1(C)OC/C(=C/COC(C)=O)CCC1OC(C)=O)C(C)C. The van der Waals surface area contributed by atoms with Crippen molar-refractivity contribution in [2.24, 2.45) is 11.8 Å². The summed E-state index contributed by atoms with van der Waals surface area (Å²) in [7, 11) is 0. The van der Waals surface area contributed by atoms with E-state index in [-0.39, 0.29) is 36.4 Å². The van der Waals surface area contributed by atoms with Gasteiger partial charge >= 0.3 is 11.9 Å². The summed E-state index contributed by atoms with van der Waals surface area (Å²) in [5.74, 6) is -0.172. The van der Waals surface area contributed by atoms with Crippen LogP contribution in [-0.2, 0) is 28.6 Å². The molecular weight excluding hydrogens is 396 g/mol. The highest BCUT2D eigenvalue weighted by atomic mass is 16.6. The fourth-order valence-corrected chi connectivity index (χ4v) is 3.62. The Kier molecular flexibility index (Phi) is 11.2. The Labute approximate surface area is 187 Å². The predicted molar refractivity (Wildman–Crippen MR) is 120 cm³/mol. The quantitative estimate of drug-likeness (QED) is 0.337. The van der Waals surface area contributed by atoms with Crippen molar-refractivity contribution in [2.45, 2.75) is 91.8 Å². The van der Waals surface area contributed by atoms with E-state index >= 15 is 0 Å². The molecule has 1 heterocycles. The fourth-order valence-electron chi connectivity index (χ4n) is 3.62. The minimum Gasteiger partial charge on any atom is -0.462 e. The van der Waals surface area contributed by atoms with E-state index in [1.807, 2.05) is 19.9 Å². The Morgan fingerprint density at radius 2 is 1.90 bits per heavy atom. The van der Waals surface area contributed by atoms with Crippen molar-refractivity contribution in [3.8, 4) is 0 Å². The fraction of sp³-hybridized carbons (Fsp3) is 0.720. The Balaban J connectivity index is 2.71. The maximum Gasteiger partial charge on any atom is 0.303 e. The van der Waals surface area contributed by atoms with Gasteiger partial charge in [0.1, 0.15) is 24.1 Å². The minimum atomic E-state index is -0.632. The molecule has 0 spiro atoms. The molecule has 1 aliphatic rings. The molecule has 0 N–H and O–H groups in total. The summed E-state index contributed by atoms with van der Waals surface area (Å²) < 4.78 is 16.8. The molecule has 0 amide bonds. The highest BCUT2D eigenvalue weighted by molar-refractivity contribution is 5.82. The van der Waals surface area contributed by atoms with E-state index in [0.717, 1.165) is 24.0 Å². The Morgan fingerprint density at radius 3 is 2.48 bits per heavy atom. The van der Waals surface area contributed by atoms with Gasteiger partial charge in [0.05, 0.1) is 6.61 Å². The van der Waals surface area contributed by atoms with Crippen LogP contribution in [0.1, 0.15) is 80.1 Å². The molecule has 3 unspecified atom stereocenters. The second-order valence-corrected chi connectivity index (χ2v) is 9.15. The van der Waals surface area contributed by atoms with E-state index in [9.17, 15) is 14.4 Å². The smallest absolute Gasteiger partial charge is 0.303 e. The van der Waals surface area contributed by atoms with Gasteiger partial charge in [-0.1, -0.05) is 32.9 Å². The molecule has 31 heavy (non-hydrogen) atoms. The van der Waals surface area contributed by atoms with Gasteiger partial charge in [-0.2, -0.15) is 0 Å². The van der Waals surface area contributed by atoms with Crippen LogP contribution in [0, 0.1) is 11.8 Å². The lowest BCUT2D eigenvalue weighted by Gasteiger charge is -2.35. The summed E-state index contributed by atoms with van der Waals surface area (Å²) in [6.45, 7) is 15.4. The molecular formula is C25H40O6. The third kappa shape index (κ3) is 9.81. The van der Waals surface area contributed by atoms with Crippen LogP contribution in [0.25, 0.3) is 0 Å². The number of esters is 2. The van der Waals surface area contributed by atoms with E-state index in [0.29, 0.717) is 38.2 Å². The number of ether oxygens (including phenoxy) is 3. The van der Waals surface area contributed by atoms with E-state index in [4.69, 9.17) is 14.2 Å². The zero-order chi connectivity index (χ0) is 23.6. The standard InChI is InChI=1S/C25H40O6/c1-17(2)19(4)15-23(28)18(3)9-8-13-25(7)24(31-21(6)27)11-10-22(16-30-25)12-14-29-20(5)26/h12,17-18,24H,4,8-11,13-16H2,1-3,5-7H3/b22-12+. The molecule has 6 heteroatoms. The van der Waals surface area contributed by atoms with Gasteiger partial charge in [0.25, 0.3) is 0 Å². The van der Waals surface area contributed by atoms with Crippen molar-refractivity contribution >= 4 is 17.7 Å². The van der Waals surface area contributed by atoms with Gasteiger partial charge in [-0.3, -0.25) is 14.4 Å². The van der Waals surface area contributed by atoms with E-state index in [1.54, 1.807) is 0 Å². The van der Waals surface area contributed by atoms with Crippen LogP contribution in [0.15, 0.2) is 23.8 Å². The first-order valence-corrected chi connectivity index (χ1v) is 11.3. The number of carbonyl (C=O) groups is 3. The average molecular weight is 437 g/mol. The molecule has 1 fully saturated rings. The summed E-state index contributed by atoms with van der Waals surface area (Å²) in [6.07, 6.45) is 5.51. The van der Waals surface area contributed by atoms with Gasteiger partial charge in [-0.05, 0) is 56.6 Å². The van der Waals surface area contributed by atoms with Crippen molar-refractivity contribution in [1.82, 2.24) is 0 Å². The number of allylic oxidation sites excluding steroid dienone is 1. The van der Waals surface area contributed by atoms with Crippen molar-refractivity contribution < 1.29 is 28.6 Å². The molecule has 1 saturated heterocycles. The normalized spacial score (nSPS) is 23.8. The molecule has 1 rings (SSSR count). The first-order valence-electron chi connectivity index (χ1n) is 11.3. The third-order valence-electron chi connectivity index (χ3n) is 6.04. The molecule has 0 radical (unpaired) electrons. The summed E-state index contributed by atoms with van der Waals surface area (Å²) in [5.41, 5.74) is 1.37. The maximum atomic E-state index is 12.5. The lowest BCUT2D eigenvalue weighted by Crippen LogP contribution is -2.43. The number of hydrogen-bond donors (Lipinski definition) is 0. The van der Waals surface area contributed by atoms with Gasteiger partial charge in [-0.15, -0.1) is 0 Å². The Bertz CT molecular complexity index is 677. The lowest BCUT2D eigenvalue weighted by molar-refractivity contribution is -0.167. The topological polar surface area (TPSA) is 78.9 Å². The van der Waals surface area contributed by atoms with Crippen LogP contribution in [-0.4, -0.2) is 42.6 Å². The average Bonchev–Trinajstić information content (AvgIpc) is 2.81. The molecule has 0 aliphatic carbocycles. The summed E-state index contributed by atoms with van der Waals surface area (Å²) in [5, 5.41) is 0. The molecule has 6 nitrogen and oxygen atoms in total. The summed E-state index contributed by atoms with van der Waals surface area (Å²) in [4.78, 5) is 35.1. The van der Waals surface area contributed by atoms with Crippen LogP contribution in [0.5, 0.6) is 0 Å². The first kappa shape index (κ1) is 27.1. The van der Waals surface area contributed by atoms with Crippen LogP contribution >= 0.6 is 0 Å². The predicted octanol–water partition coefficient (Wildman–Crippen LogP) is 4.95. The van der Waals surface area contributed by atoms with Crippen LogP contribution < -0.4 is 0 Å². The van der Waals surface area contributed by atoms with Gasteiger partial charge in [-0.25, -0.2) is 0 Å². The molecule has 176 valence electrons. The Morgan fingerprint density at radius 1 is 1.23 bits per heavy atom. The molecule has 0 saturated carbocycles. The monoisotopic (exact) mass is 436 g/mol. The van der Waals surface area contributed by atoms with Crippen molar-refractivity contribution in [1.29, 1.82) is 0 Å². The highest BCUT2D eigenvalue weighted by Gasteiger charge is 2.39. The van der Waals surface area contributed by atoms with Gasteiger partial charge in [0.2, 0.25) is 0 Å². The second kappa shape index (κ2) is 12.8. The number of ketones is 1.